The van der Waals surface area contributed by atoms with Crippen LogP contribution in [0, 0.1) is 13.8 Å². The van der Waals surface area contributed by atoms with Crippen LogP contribution >= 0.6 is 0 Å². The molecule has 3 N–H and O–H groups in total. The van der Waals surface area contributed by atoms with Crippen LogP contribution in [-0.4, -0.2) is 56.8 Å². The number of pyridine rings is 1. The first-order valence-corrected chi connectivity index (χ1v) is 12.6. The molecule has 4 heterocycles. The first kappa shape index (κ1) is 25.0. The standard InChI is InChI=1S/C27H30N8O3/c1-4-28-27(38)31-22-16-34-23(30-22)10-11-24(32-34)33-13-12-19(15-33)29-25(36)21-14-17(2)18(3)35(26(21)37)20-8-6-5-7-9-20/h5-11,14,16,19H,4,12-13,15H2,1-3H3,(H,29,36)(H2,28,31,38)/t19-/m0/s1. The quantitative estimate of drug-likeness (QED) is 0.363. The Kier molecular flexibility index (Phi) is 6.82. The lowest BCUT2D eigenvalue weighted by Crippen LogP contribution is -2.40. The third-order valence-electron chi connectivity index (χ3n) is 6.69. The van der Waals surface area contributed by atoms with Gasteiger partial charge in [0.15, 0.2) is 11.5 Å². The molecule has 1 saturated heterocycles. The summed E-state index contributed by atoms with van der Waals surface area (Å²) in [5, 5.41) is 13.0. The maximum Gasteiger partial charge on any atom is 0.320 e. The van der Waals surface area contributed by atoms with Gasteiger partial charge in [-0.05, 0) is 63.1 Å². The second-order valence-electron chi connectivity index (χ2n) is 9.31. The van der Waals surface area contributed by atoms with E-state index >= 15 is 0 Å². The van der Waals surface area contributed by atoms with Crippen LogP contribution in [0.1, 0.15) is 35.0 Å². The van der Waals surface area contributed by atoms with Crippen molar-refractivity contribution < 1.29 is 9.59 Å². The number of fused-ring (bicyclic) bond motifs is 1. The summed E-state index contributed by atoms with van der Waals surface area (Å²) in [5.74, 6) is 0.754. The SMILES string of the molecule is CCNC(=O)Nc1cn2nc(N3CC[C@H](NC(=O)c4cc(C)c(C)n(-c5ccccc5)c4=O)C3)ccc2n1. The molecule has 1 aliphatic rings. The molecule has 0 unspecified atom stereocenters. The molecule has 1 fully saturated rings. The molecule has 196 valence electrons. The van der Waals surface area contributed by atoms with E-state index in [1.165, 1.54) is 0 Å². The fraction of sp³-hybridized carbons (Fsp3) is 0.296. The number of carbonyl (C=O) groups is 2. The van der Waals surface area contributed by atoms with E-state index in [0.29, 0.717) is 31.1 Å². The Balaban J connectivity index is 1.30. The van der Waals surface area contributed by atoms with Gasteiger partial charge >= 0.3 is 6.03 Å². The minimum atomic E-state index is -0.381. The van der Waals surface area contributed by atoms with Crippen molar-refractivity contribution in [2.75, 3.05) is 29.9 Å². The van der Waals surface area contributed by atoms with Crippen LogP contribution in [0.3, 0.4) is 0 Å². The van der Waals surface area contributed by atoms with Crippen LogP contribution in [0.25, 0.3) is 11.3 Å². The van der Waals surface area contributed by atoms with E-state index in [2.05, 4.69) is 30.9 Å². The molecule has 1 aliphatic heterocycles. The second-order valence-corrected chi connectivity index (χ2v) is 9.31. The molecule has 11 heteroatoms. The summed E-state index contributed by atoms with van der Waals surface area (Å²) in [6.07, 6.45) is 2.37. The number of nitrogens with zero attached hydrogens (tertiary/aromatic N) is 5. The highest BCUT2D eigenvalue weighted by Crippen LogP contribution is 2.20. The minimum Gasteiger partial charge on any atom is -0.353 e. The molecule has 38 heavy (non-hydrogen) atoms. The van der Waals surface area contributed by atoms with Gasteiger partial charge < -0.3 is 15.5 Å². The largest absolute Gasteiger partial charge is 0.353 e. The van der Waals surface area contributed by atoms with Gasteiger partial charge in [0, 0.05) is 37.1 Å². The molecule has 0 saturated carbocycles. The number of para-hydroxylation sites is 1. The van der Waals surface area contributed by atoms with Crippen molar-refractivity contribution in [1.82, 2.24) is 29.8 Å². The lowest BCUT2D eigenvalue weighted by Gasteiger charge is -2.18. The number of nitrogens with one attached hydrogen (secondary N) is 3. The smallest absolute Gasteiger partial charge is 0.320 e. The summed E-state index contributed by atoms with van der Waals surface area (Å²) in [4.78, 5) is 44.7. The molecular weight excluding hydrogens is 484 g/mol. The number of carbonyl (C=O) groups excluding carboxylic acids is 2. The Labute approximate surface area is 219 Å². The molecule has 5 rings (SSSR count). The molecule has 4 aromatic rings. The van der Waals surface area contributed by atoms with E-state index in [4.69, 9.17) is 0 Å². The number of amides is 3. The summed E-state index contributed by atoms with van der Waals surface area (Å²) in [5.41, 5.74) is 2.79. The number of aryl methyl sites for hydroxylation is 1. The normalized spacial score (nSPS) is 15.0. The van der Waals surface area contributed by atoms with E-state index in [0.717, 1.165) is 29.2 Å². The van der Waals surface area contributed by atoms with Crippen molar-refractivity contribution in [3.63, 3.8) is 0 Å². The summed E-state index contributed by atoms with van der Waals surface area (Å²) < 4.78 is 3.20. The molecule has 0 spiro atoms. The van der Waals surface area contributed by atoms with Gasteiger partial charge in [-0.15, -0.1) is 5.10 Å². The van der Waals surface area contributed by atoms with Gasteiger partial charge in [0.2, 0.25) is 0 Å². The van der Waals surface area contributed by atoms with Crippen molar-refractivity contribution in [2.24, 2.45) is 0 Å². The predicted molar refractivity (Wildman–Crippen MR) is 145 cm³/mol. The minimum absolute atomic E-state index is 0.125. The van der Waals surface area contributed by atoms with Crippen molar-refractivity contribution in [3.05, 3.63) is 81.9 Å². The summed E-state index contributed by atoms with van der Waals surface area (Å²) in [7, 11) is 0. The summed E-state index contributed by atoms with van der Waals surface area (Å²) in [6.45, 7) is 7.39. The molecule has 3 amide bonds. The highest BCUT2D eigenvalue weighted by Gasteiger charge is 2.27. The maximum atomic E-state index is 13.3. The Bertz CT molecular complexity index is 1560. The average Bonchev–Trinajstić information content (AvgIpc) is 3.53. The molecule has 3 aromatic heterocycles. The van der Waals surface area contributed by atoms with E-state index in [9.17, 15) is 14.4 Å². The molecule has 1 aromatic carbocycles. The van der Waals surface area contributed by atoms with E-state index in [1.807, 2.05) is 63.2 Å². The highest BCUT2D eigenvalue weighted by atomic mass is 16.2. The van der Waals surface area contributed by atoms with Crippen LogP contribution in [0.4, 0.5) is 16.4 Å². The van der Waals surface area contributed by atoms with Gasteiger partial charge in [0.25, 0.3) is 11.5 Å². The topological polar surface area (TPSA) is 126 Å². The van der Waals surface area contributed by atoms with Crippen LogP contribution in [0.5, 0.6) is 0 Å². The van der Waals surface area contributed by atoms with E-state index in [1.54, 1.807) is 21.3 Å². The number of aromatic nitrogens is 4. The zero-order valence-electron chi connectivity index (χ0n) is 21.6. The Morgan fingerprint density at radius 3 is 2.66 bits per heavy atom. The molecule has 11 nitrogen and oxygen atoms in total. The first-order chi connectivity index (χ1) is 18.3. The molecule has 1 atom stereocenters. The number of hydrogen-bond acceptors (Lipinski definition) is 6. The number of rotatable bonds is 6. The van der Waals surface area contributed by atoms with Crippen LogP contribution < -0.4 is 26.4 Å². The first-order valence-electron chi connectivity index (χ1n) is 12.6. The Hall–Kier alpha value is -4.67. The van der Waals surface area contributed by atoms with Crippen molar-refractivity contribution >= 4 is 29.2 Å². The summed E-state index contributed by atoms with van der Waals surface area (Å²) in [6, 6.07) is 14.2. The van der Waals surface area contributed by atoms with Crippen LogP contribution in [0.2, 0.25) is 0 Å². The monoisotopic (exact) mass is 514 g/mol. The fourth-order valence-electron chi connectivity index (χ4n) is 4.65. The van der Waals surface area contributed by atoms with Gasteiger partial charge in [0.05, 0.1) is 6.20 Å². The Morgan fingerprint density at radius 1 is 1.11 bits per heavy atom. The van der Waals surface area contributed by atoms with E-state index < -0.39 is 0 Å². The van der Waals surface area contributed by atoms with E-state index in [-0.39, 0.29) is 29.1 Å². The number of benzene rings is 1. The maximum absolute atomic E-state index is 13.3. The second kappa shape index (κ2) is 10.4. The molecule has 0 aliphatic carbocycles. The lowest BCUT2D eigenvalue weighted by molar-refractivity contribution is 0.0938. The van der Waals surface area contributed by atoms with Gasteiger partial charge in [-0.1, -0.05) is 18.2 Å². The van der Waals surface area contributed by atoms with Crippen molar-refractivity contribution in [3.8, 4) is 5.69 Å². The van der Waals surface area contributed by atoms with Crippen molar-refractivity contribution in [2.45, 2.75) is 33.2 Å². The zero-order valence-corrected chi connectivity index (χ0v) is 21.6. The number of hydrogen-bond donors (Lipinski definition) is 3. The van der Waals surface area contributed by atoms with Gasteiger partial charge in [-0.2, -0.15) is 0 Å². The van der Waals surface area contributed by atoms with Crippen LogP contribution in [0.15, 0.2) is 59.5 Å². The van der Waals surface area contributed by atoms with Gasteiger partial charge in [-0.25, -0.2) is 14.3 Å². The molecular formula is C27H30N8O3. The fourth-order valence-corrected chi connectivity index (χ4v) is 4.65. The number of imidazole rings is 1. The third kappa shape index (κ3) is 4.95. The highest BCUT2D eigenvalue weighted by molar-refractivity contribution is 5.94. The molecule has 0 radical (unpaired) electrons. The number of urea groups is 1. The van der Waals surface area contributed by atoms with Crippen molar-refractivity contribution in [1.29, 1.82) is 0 Å². The summed E-state index contributed by atoms with van der Waals surface area (Å²) >= 11 is 0. The zero-order chi connectivity index (χ0) is 26.8. The Morgan fingerprint density at radius 2 is 1.89 bits per heavy atom. The number of anilines is 2. The third-order valence-corrected chi connectivity index (χ3v) is 6.69. The average molecular weight is 515 g/mol. The predicted octanol–water partition coefficient (Wildman–Crippen LogP) is 2.65. The molecule has 0 bridgehead atoms. The van der Waals surface area contributed by atoms with Gasteiger partial charge in [0.1, 0.15) is 11.4 Å². The lowest BCUT2D eigenvalue weighted by atomic mass is 10.1. The van der Waals surface area contributed by atoms with Crippen LogP contribution in [-0.2, 0) is 0 Å². The van der Waals surface area contributed by atoms with Gasteiger partial charge in [-0.3, -0.25) is 19.5 Å².